The highest BCUT2D eigenvalue weighted by Gasteiger charge is 2.31. The average molecular weight is 345 g/mol. The second kappa shape index (κ2) is 7.41. The number of alkyl halides is 3. The van der Waals surface area contributed by atoms with Crippen molar-refractivity contribution in [2.24, 2.45) is 0 Å². The number of carbonyl (C=O) groups is 2. The fraction of sp³-hybridized carbons (Fsp3) is 0.467. The first-order valence-electron chi connectivity index (χ1n) is 7.50. The summed E-state index contributed by atoms with van der Waals surface area (Å²) in [6.07, 6.45) is -3.36. The predicted octanol–water partition coefficient (Wildman–Crippen LogP) is 2.50. The monoisotopic (exact) mass is 345 g/mol. The van der Waals surface area contributed by atoms with E-state index in [1.54, 1.807) is 6.92 Å². The van der Waals surface area contributed by atoms with Crippen LogP contribution in [0.4, 0.5) is 23.7 Å². The maximum atomic E-state index is 12.8. The van der Waals surface area contributed by atoms with Gasteiger partial charge < -0.3 is 20.7 Å². The molecule has 0 spiro atoms. The summed E-state index contributed by atoms with van der Waals surface area (Å²) in [4.78, 5) is 23.6. The van der Waals surface area contributed by atoms with Crippen LogP contribution in [-0.2, 0) is 11.0 Å². The van der Waals surface area contributed by atoms with Gasteiger partial charge in [-0.05, 0) is 38.0 Å². The Kier molecular flexibility index (Phi) is 5.53. The third-order valence-corrected chi connectivity index (χ3v) is 3.45. The van der Waals surface area contributed by atoms with Crippen LogP contribution >= 0.6 is 0 Å². The molecule has 3 N–H and O–H groups in total. The van der Waals surface area contributed by atoms with Crippen molar-refractivity contribution in [2.75, 3.05) is 18.5 Å². The van der Waals surface area contributed by atoms with E-state index in [1.165, 1.54) is 0 Å². The molecule has 0 radical (unpaired) electrons. The summed E-state index contributed by atoms with van der Waals surface area (Å²) in [5.41, 5.74) is -1.02. The Hall–Kier alpha value is -2.45. The van der Waals surface area contributed by atoms with Gasteiger partial charge in [0.2, 0.25) is 5.91 Å². The van der Waals surface area contributed by atoms with E-state index in [0.29, 0.717) is 19.4 Å². The SMILES string of the molecule is CCOc1ccc(C(F)(F)F)cc1NC(=O)NC1CCCNC1=O. The van der Waals surface area contributed by atoms with Crippen LogP contribution in [0, 0.1) is 0 Å². The Morgan fingerprint density at radius 1 is 1.42 bits per heavy atom. The van der Waals surface area contributed by atoms with Crippen molar-refractivity contribution in [3.05, 3.63) is 23.8 Å². The molecule has 24 heavy (non-hydrogen) atoms. The molecule has 6 nitrogen and oxygen atoms in total. The first-order valence-corrected chi connectivity index (χ1v) is 7.50. The number of carbonyl (C=O) groups excluding carboxylic acids is 2. The number of ether oxygens (including phenoxy) is 1. The van der Waals surface area contributed by atoms with Gasteiger partial charge in [-0.25, -0.2) is 4.79 Å². The number of amides is 3. The van der Waals surface area contributed by atoms with E-state index in [9.17, 15) is 22.8 Å². The third kappa shape index (κ3) is 4.53. The molecule has 1 aliphatic rings. The fourth-order valence-corrected chi connectivity index (χ4v) is 2.31. The molecule has 1 atom stereocenters. The summed E-state index contributed by atoms with van der Waals surface area (Å²) >= 11 is 0. The van der Waals surface area contributed by atoms with Crippen molar-refractivity contribution >= 4 is 17.6 Å². The number of urea groups is 1. The zero-order valence-corrected chi connectivity index (χ0v) is 13.0. The van der Waals surface area contributed by atoms with Gasteiger partial charge in [-0.3, -0.25) is 4.79 Å². The lowest BCUT2D eigenvalue weighted by Gasteiger charge is -2.23. The Balaban J connectivity index is 2.13. The number of rotatable bonds is 4. The minimum atomic E-state index is -4.54. The molecule has 0 saturated carbocycles. The van der Waals surface area contributed by atoms with Gasteiger partial charge in [0.15, 0.2) is 0 Å². The van der Waals surface area contributed by atoms with E-state index in [0.717, 1.165) is 18.2 Å². The van der Waals surface area contributed by atoms with Crippen molar-refractivity contribution in [3.63, 3.8) is 0 Å². The summed E-state index contributed by atoms with van der Waals surface area (Å²) in [5, 5.41) is 7.37. The van der Waals surface area contributed by atoms with Gasteiger partial charge in [-0.2, -0.15) is 13.2 Å². The molecule has 1 aliphatic heterocycles. The molecule has 1 fully saturated rings. The number of hydrogen-bond acceptors (Lipinski definition) is 3. The van der Waals surface area contributed by atoms with E-state index >= 15 is 0 Å². The number of piperidine rings is 1. The number of nitrogens with one attached hydrogen (secondary N) is 3. The van der Waals surface area contributed by atoms with Gasteiger partial charge in [0.25, 0.3) is 0 Å². The Labute approximate surface area is 136 Å². The van der Waals surface area contributed by atoms with Gasteiger partial charge in [0.05, 0.1) is 17.9 Å². The number of halogens is 3. The fourth-order valence-electron chi connectivity index (χ4n) is 2.31. The third-order valence-electron chi connectivity index (χ3n) is 3.45. The van der Waals surface area contributed by atoms with Crippen LogP contribution in [0.3, 0.4) is 0 Å². The lowest BCUT2D eigenvalue weighted by atomic mass is 10.1. The van der Waals surface area contributed by atoms with Crippen LogP contribution in [0.15, 0.2) is 18.2 Å². The second-order valence-electron chi connectivity index (χ2n) is 5.23. The zero-order valence-electron chi connectivity index (χ0n) is 13.0. The first-order chi connectivity index (χ1) is 11.3. The van der Waals surface area contributed by atoms with Crippen LogP contribution in [-0.4, -0.2) is 31.1 Å². The lowest BCUT2D eigenvalue weighted by Crippen LogP contribution is -2.51. The highest BCUT2D eigenvalue weighted by Crippen LogP contribution is 2.35. The minimum absolute atomic E-state index is 0.111. The highest BCUT2D eigenvalue weighted by atomic mass is 19.4. The average Bonchev–Trinajstić information content (AvgIpc) is 2.50. The number of benzene rings is 1. The van der Waals surface area contributed by atoms with Crippen LogP contribution in [0.25, 0.3) is 0 Å². The molecule has 132 valence electrons. The van der Waals surface area contributed by atoms with Crippen molar-refractivity contribution in [2.45, 2.75) is 32.0 Å². The van der Waals surface area contributed by atoms with Crippen molar-refractivity contribution in [1.29, 1.82) is 0 Å². The predicted molar refractivity (Wildman–Crippen MR) is 80.8 cm³/mol. The Morgan fingerprint density at radius 3 is 2.79 bits per heavy atom. The zero-order chi connectivity index (χ0) is 17.7. The quantitative estimate of drug-likeness (QED) is 0.784. The molecule has 9 heteroatoms. The molecule has 3 amide bonds. The highest BCUT2D eigenvalue weighted by molar-refractivity contribution is 5.95. The smallest absolute Gasteiger partial charge is 0.416 e. The first kappa shape index (κ1) is 17.9. The van der Waals surface area contributed by atoms with E-state index in [2.05, 4.69) is 16.0 Å². The maximum absolute atomic E-state index is 12.8. The molecular formula is C15H18F3N3O3. The summed E-state index contributed by atoms with van der Waals surface area (Å²) < 4.78 is 43.7. The summed E-state index contributed by atoms with van der Waals surface area (Å²) in [7, 11) is 0. The van der Waals surface area contributed by atoms with Crippen LogP contribution < -0.4 is 20.7 Å². The van der Waals surface area contributed by atoms with Gasteiger partial charge in [0.1, 0.15) is 11.8 Å². The number of hydrogen-bond donors (Lipinski definition) is 3. The van der Waals surface area contributed by atoms with E-state index < -0.39 is 23.8 Å². The molecule has 2 rings (SSSR count). The largest absolute Gasteiger partial charge is 0.492 e. The normalized spacial score (nSPS) is 17.8. The van der Waals surface area contributed by atoms with Gasteiger partial charge in [0, 0.05) is 6.54 Å². The van der Waals surface area contributed by atoms with Crippen molar-refractivity contribution < 1.29 is 27.5 Å². The van der Waals surface area contributed by atoms with Crippen LogP contribution in [0.5, 0.6) is 5.75 Å². The molecular weight excluding hydrogens is 327 g/mol. The van der Waals surface area contributed by atoms with Crippen LogP contribution in [0.1, 0.15) is 25.3 Å². The Bertz CT molecular complexity index is 620. The van der Waals surface area contributed by atoms with E-state index in [4.69, 9.17) is 4.74 Å². The Morgan fingerprint density at radius 2 is 2.17 bits per heavy atom. The van der Waals surface area contributed by atoms with Crippen LogP contribution in [0.2, 0.25) is 0 Å². The second-order valence-corrected chi connectivity index (χ2v) is 5.23. The molecule has 1 unspecified atom stereocenters. The van der Waals surface area contributed by atoms with E-state index in [-0.39, 0.29) is 24.0 Å². The molecule has 1 aromatic carbocycles. The van der Waals surface area contributed by atoms with Gasteiger partial charge >= 0.3 is 12.2 Å². The van der Waals surface area contributed by atoms with E-state index in [1.807, 2.05) is 0 Å². The number of anilines is 1. The summed E-state index contributed by atoms with van der Waals surface area (Å²) in [6.45, 7) is 2.45. The molecule has 1 saturated heterocycles. The summed E-state index contributed by atoms with van der Waals surface area (Å²) in [6, 6.07) is 1.35. The minimum Gasteiger partial charge on any atom is -0.492 e. The molecule has 0 bridgehead atoms. The standard InChI is InChI=1S/C15H18F3N3O3/c1-2-24-12-6-5-9(15(16,17)18)8-11(12)21-14(23)20-10-4-3-7-19-13(10)22/h5-6,8,10H,2-4,7H2,1H3,(H,19,22)(H2,20,21,23). The van der Waals surface area contributed by atoms with Crippen molar-refractivity contribution in [1.82, 2.24) is 10.6 Å². The molecule has 1 heterocycles. The summed E-state index contributed by atoms with van der Waals surface area (Å²) in [5.74, 6) is -0.195. The molecule has 0 aliphatic carbocycles. The van der Waals surface area contributed by atoms with Crippen molar-refractivity contribution in [3.8, 4) is 5.75 Å². The lowest BCUT2D eigenvalue weighted by molar-refractivity contribution is -0.137. The topological polar surface area (TPSA) is 79.5 Å². The van der Waals surface area contributed by atoms with Gasteiger partial charge in [-0.15, -0.1) is 0 Å². The molecule has 0 aromatic heterocycles. The maximum Gasteiger partial charge on any atom is 0.416 e. The molecule has 1 aromatic rings. The van der Waals surface area contributed by atoms with Gasteiger partial charge in [-0.1, -0.05) is 0 Å².